The molecule has 20 heavy (non-hydrogen) atoms. The first-order chi connectivity index (χ1) is 9.62. The molecule has 1 atom stereocenters. The van der Waals surface area contributed by atoms with Crippen LogP contribution in [0.1, 0.15) is 33.1 Å². The van der Waals surface area contributed by atoms with Gasteiger partial charge in [-0.2, -0.15) is 0 Å². The first-order valence-electron chi connectivity index (χ1n) is 6.87. The van der Waals surface area contributed by atoms with Gasteiger partial charge in [0.15, 0.2) is 0 Å². The van der Waals surface area contributed by atoms with Crippen LogP contribution in [0.3, 0.4) is 0 Å². The minimum absolute atomic E-state index is 0.177. The van der Waals surface area contributed by atoms with E-state index in [0.717, 1.165) is 30.0 Å². The lowest BCUT2D eigenvalue weighted by atomic mass is 9.95. The number of thioether (sulfide) groups is 1. The van der Waals surface area contributed by atoms with E-state index in [0.29, 0.717) is 6.61 Å². The van der Waals surface area contributed by atoms with Crippen LogP contribution in [0.5, 0.6) is 0 Å². The summed E-state index contributed by atoms with van der Waals surface area (Å²) in [5.74, 6) is 0.797. The number of likely N-dealkylation sites (N-methyl/N-ethyl adjacent to an activating group) is 1. The molecular weight excluding hydrogens is 274 g/mol. The summed E-state index contributed by atoms with van der Waals surface area (Å²) in [5, 5.41) is 4.01. The Morgan fingerprint density at radius 2 is 2.25 bits per heavy atom. The molecule has 0 saturated heterocycles. The summed E-state index contributed by atoms with van der Waals surface area (Å²) in [6, 6.07) is 0. The quantitative estimate of drug-likeness (QED) is 0.428. The lowest BCUT2D eigenvalue weighted by Crippen LogP contribution is -2.48. The molecule has 0 saturated carbocycles. The molecule has 5 nitrogen and oxygen atoms in total. The summed E-state index contributed by atoms with van der Waals surface area (Å²) in [6.07, 6.45) is 7.88. The van der Waals surface area contributed by atoms with Gasteiger partial charge < -0.3 is 10.1 Å². The summed E-state index contributed by atoms with van der Waals surface area (Å²) >= 11 is 1.69. The van der Waals surface area contributed by atoms with Crippen LogP contribution in [0.4, 0.5) is 0 Å². The molecule has 1 aromatic heterocycles. The predicted octanol–water partition coefficient (Wildman–Crippen LogP) is 2.28. The van der Waals surface area contributed by atoms with Crippen molar-refractivity contribution in [3.63, 3.8) is 0 Å². The molecule has 0 spiro atoms. The summed E-state index contributed by atoms with van der Waals surface area (Å²) in [7, 11) is 1.80. The van der Waals surface area contributed by atoms with E-state index in [2.05, 4.69) is 15.3 Å². The second-order valence-corrected chi connectivity index (χ2v) is 5.77. The van der Waals surface area contributed by atoms with Gasteiger partial charge >= 0.3 is 5.97 Å². The molecule has 0 fully saturated rings. The van der Waals surface area contributed by atoms with Crippen molar-refractivity contribution in [2.24, 2.45) is 0 Å². The molecular formula is C14H23N3O2S. The lowest BCUT2D eigenvalue weighted by molar-refractivity contribution is -0.150. The SMILES string of the molecule is CCOC(=O)C(C)(CCCCSc1cnccn1)NC. The second-order valence-electron chi connectivity index (χ2n) is 4.65. The number of rotatable bonds is 9. The Kier molecular flexibility index (Phi) is 7.54. The van der Waals surface area contributed by atoms with E-state index < -0.39 is 5.54 Å². The van der Waals surface area contributed by atoms with Crippen molar-refractivity contribution >= 4 is 17.7 Å². The van der Waals surface area contributed by atoms with Crippen molar-refractivity contribution < 1.29 is 9.53 Å². The molecule has 1 unspecified atom stereocenters. The third-order valence-electron chi connectivity index (χ3n) is 3.14. The van der Waals surface area contributed by atoms with Crippen molar-refractivity contribution in [2.45, 2.75) is 43.7 Å². The van der Waals surface area contributed by atoms with Crippen LogP contribution < -0.4 is 5.32 Å². The van der Waals surface area contributed by atoms with E-state index in [-0.39, 0.29) is 5.97 Å². The standard InChI is InChI=1S/C14H23N3O2S/c1-4-19-13(18)14(2,15-3)7-5-6-10-20-12-11-16-8-9-17-12/h8-9,11,15H,4-7,10H2,1-3H3. The maximum atomic E-state index is 11.9. The Bertz CT molecular complexity index is 403. The second kappa shape index (κ2) is 8.92. The fourth-order valence-corrected chi connectivity index (χ4v) is 2.57. The number of carbonyl (C=O) groups is 1. The molecule has 0 aliphatic rings. The van der Waals surface area contributed by atoms with Crippen LogP contribution in [0.2, 0.25) is 0 Å². The van der Waals surface area contributed by atoms with Gasteiger partial charge in [0.1, 0.15) is 10.6 Å². The van der Waals surface area contributed by atoms with Gasteiger partial charge in [-0.3, -0.25) is 9.78 Å². The Morgan fingerprint density at radius 3 is 2.85 bits per heavy atom. The maximum absolute atomic E-state index is 11.9. The van der Waals surface area contributed by atoms with Crippen LogP contribution in [-0.2, 0) is 9.53 Å². The van der Waals surface area contributed by atoms with Gasteiger partial charge in [-0.15, -0.1) is 11.8 Å². The number of hydrogen-bond acceptors (Lipinski definition) is 6. The van der Waals surface area contributed by atoms with Crippen LogP contribution in [0.25, 0.3) is 0 Å². The summed E-state index contributed by atoms with van der Waals surface area (Å²) in [6.45, 7) is 4.13. The van der Waals surface area contributed by atoms with Crippen molar-refractivity contribution in [3.05, 3.63) is 18.6 Å². The maximum Gasteiger partial charge on any atom is 0.326 e. The Labute approximate surface area is 124 Å². The summed E-state index contributed by atoms with van der Waals surface area (Å²) in [4.78, 5) is 20.1. The number of aromatic nitrogens is 2. The molecule has 0 aliphatic heterocycles. The molecule has 0 bridgehead atoms. The Balaban J connectivity index is 2.26. The molecule has 0 amide bonds. The average molecular weight is 297 g/mol. The zero-order chi connectivity index (χ0) is 14.8. The fourth-order valence-electron chi connectivity index (χ4n) is 1.74. The first-order valence-corrected chi connectivity index (χ1v) is 7.86. The number of nitrogens with one attached hydrogen (secondary N) is 1. The molecule has 1 N–H and O–H groups in total. The zero-order valence-corrected chi connectivity index (χ0v) is 13.2. The molecule has 0 radical (unpaired) electrons. The molecule has 6 heteroatoms. The first kappa shape index (κ1) is 16.9. The normalized spacial score (nSPS) is 13.8. The number of carbonyl (C=O) groups excluding carboxylic acids is 1. The monoisotopic (exact) mass is 297 g/mol. The minimum Gasteiger partial charge on any atom is -0.465 e. The van der Waals surface area contributed by atoms with Crippen molar-refractivity contribution in [2.75, 3.05) is 19.4 Å². The highest BCUT2D eigenvalue weighted by Crippen LogP contribution is 2.19. The topological polar surface area (TPSA) is 64.1 Å². The molecule has 1 aromatic rings. The number of esters is 1. The van der Waals surface area contributed by atoms with Gasteiger partial charge in [-0.05, 0) is 39.5 Å². The van der Waals surface area contributed by atoms with Crippen LogP contribution >= 0.6 is 11.8 Å². The van der Waals surface area contributed by atoms with Gasteiger partial charge in [-0.1, -0.05) is 6.42 Å². The van der Waals surface area contributed by atoms with E-state index >= 15 is 0 Å². The molecule has 1 heterocycles. The van der Waals surface area contributed by atoms with Gasteiger partial charge in [0.2, 0.25) is 0 Å². The number of hydrogen-bond donors (Lipinski definition) is 1. The third kappa shape index (κ3) is 5.46. The molecule has 112 valence electrons. The van der Waals surface area contributed by atoms with Crippen molar-refractivity contribution in [1.29, 1.82) is 0 Å². The van der Waals surface area contributed by atoms with E-state index in [1.165, 1.54) is 0 Å². The van der Waals surface area contributed by atoms with E-state index in [1.54, 1.807) is 37.4 Å². The molecule has 0 aromatic carbocycles. The molecule has 0 aliphatic carbocycles. The number of nitrogens with zero attached hydrogens (tertiary/aromatic N) is 2. The Morgan fingerprint density at radius 1 is 1.45 bits per heavy atom. The largest absolute Gasteiger partial charge is 0.465 e. The number of ether oxygens (including phenoxy) is 1. The van der Waals surface area contributed by atoms with Crippen molar-refractivity contribution in [1.82, 2.24) is 15.3 Å². The van der Waals surface area contributed by atoms with Gasteiger partial charge in [-0.25, -0.2) is 4.98 Å². The minimum atomic E-state index is -0.590. The third-order valence-corrected chi connectivity index (χ3v) is 4.14. The molecule has 1 rings (SSSR count). The van der Waals surface area contributed by atoms with Crippen molar-refractivity contribution in [3.8, 4) is 0 Å². The van der Waals surface area contributed by atoms with Crippen LogP contribution in [0.15, 0.2) is 23.6 Å². The highest BCUT2D eigenvalue weighted by molar-refractivity contribution is 7.99. The summed E-state index contributed by atoms with van der Waals surface area (Å²) in [5.41, 5.74) is -0.590. The highest BCUT2D eigenvalue weighted by Gasteiger charge is 2.32. The smallest absolute Gasteiger partial charge is 0.326 e. The van der Waals surface area contributed by atoms with E-state index in [4.69, 9.17) is 4.74 Å². The predicted molar refractivity (Wildman–Crippen MR) is 80.7 cm³/mol. The van der Waals surface area contributed by atoms with Crippen LogP contribution in [0, 0.1) is 0 Å². The van der Waals surface area contributed by atoms with Crippen LogP contribution in [-0.4, -0.2) is 40.9 Å². The fraction of sp³-hybridized carbons (Fsp3) is 0.643. The summed E-state index contributed by atoms with van der Waals surface area (Å²) < 4.78 is 5.10. The van der Waals surface area contributed by atoms with E-state index in [1.807, 2.05) is 13.8 Å². The van der Waals surface area contributed by atoms with Gasteiger partial charge in [0.05, 0.1) is 12.8 Å². The zero-order valence-electron chi connectivity index (χ0n) is 12.4. The highest BCUT2D eigenvalue weighted by atomic mass is 32.2. The average Bonchev–Trinajstić information content (AvgIpc) is 2.48. The lowest BCUT2D eigenvalue weighted by Gasteiger charge is -2.26. The van der Waals surface area contributed by atoms with Gasteiger partial charge in [0, 0.05) is 12.4 Å². The van der Waals surface area contributed by atoms with Gasteiger partial charge in [0.25, 0.3) is 0 Å². The van der Waals surface area contributed by atoms with E-state index in [9.17, 15) is 4.79 Å². The Hall–Kier alpha value is -1.14. The number of unbranched alkanes of at least 4 members (excludes halogenated alkanes) is 1.